The van der Waals surface area contributed by atoms with E-state index in [1.807, 2.05) is 32.0 Å². The quantitative estimate of drug-likeness (QED) is 0.906. The first-order chi connectivity index (χ1) is 8.95. The summed E-state index contributed by atoms with van der Waals surface area (Å²) < 4.78 is 6.68. The number of hydrogen-bond acceptors (Lipinski definition) is 4. The second-order valence-electron chi connectivity index (χ2n) is 5.34. The topological polar surface area (TPSA) is 56.5 Å². The Morgan fingerprint density at radius 3 is 2.95 bits per heavy atom. The standard InChI is InChI=1S/C14H17BrN2O2/c1-14(2)9-17(7-12(8-18)19-14)13-4-3-11(15)5-10(13)6-16/h3-5,12,18H,7-9H2,1-2H3. The minimum absolute atomic E-state index is 0.0155. The monoisotopic (exact) mass is 324 g/mol. The second-order valence-corrected chi connectivity index (χ2v) is 6.25. The summed E-state index contributed by atoms with van der Waals surface area (Å²) >= 11 is 3.37. The number of anilines is 1. The minimum Gasteiger partial charge on any atom is -0.394 e. The number of halogens is 1. The second kappa shape index (κ2) is 5.49. The van der Waals surface area contributed by atoms with Crippen molar-refractivity contribution in [2.45, 2.75) is 25.6 Å². The van der Waals surface area contributed by atoms with Crippen molar-refractivity contribution in [1.82, 2.24) is 0 Å². The normalized spacial score (nSPS) is 22.1. The predicted molar refractivity (Wildman–Crippen MR) is 77.1 cm³/mol. The maximum atomic E-state index is 9.33. The molecule has 1 fully saturated rings. The van der Waals surface area contributed by atoms with Crippen LogP contribution in [0.4, 0.5) is 5.69 Å². The number of morpholine rings is 1. The number of aliphatic hydroxyl groups excluding tert-OH is 1. The Kier molecular flexibility index (Phi) is 4.14. The summed E-state index contributed by atoms with van der Waals surface area (Å²) in [7, 11) is 0. The number of nitrogens with zero attached hydrogens (tertiary/aromatic N) is 2. The first kappa shape index (κ1) is 14.3. The summed E-state index contributed by atoms with van der Waals surface area (Å²) in [5.41, 5.74) is 1.18. The number of hydrogen-bond donors (Lipinski definition) is 1. The van der Waals surface area contributed by atoms with Gasteiger partial charge >= 0.3 is 0 Å². The Balaban J connectivity index is 2.33. The van der Waals surface area contributed by atoms with E-state index in [9.17, 15) is 10.4 Å². The molecule has 0 bridgehead atoms. The van der Waals surface area contributed by atoms with Crippen LogP contribution in [0.25, 0.3) is 0 Å². The van der Waals surface area contributed by atoms with Gasteiger partial charge in [0.25, 0.3) is 0 Å². The van der Waals surface area contributed by atoms with E-state index in [4.69, 9.17) is 4.74 Å². The van der Waals surface area contributed by atoms with Gasteiger partial charge < -0.3 is 14.7 Å². The molecule has 0 spiro atoms. The molecule has 1 atom stereocenters. The third-order valence-corrected chi connectivity index (χ3v) is 3.60. The minimum atomic E-state index is -0.342. The van der Waals surface area contributed by atoms with Crippen molar-refractivity contribution in [3.63, 3.8) is 0 Å². The molecule has 4 nitrogen and oxygen atoms in total. The first-order valence-electron chi connectivity index (χ1n) is 6.18. The van der Waals surface area contributed by atoms with Crippen LogP contribution < -0.4 is 4.90 Å². The molecule has 1 aromatic carbocycles. The molecule has 0 saturated carbocycles. The van der Waals surface area contributed by atoms with Gasteiger partial charge in [-0.1, -0.05) is 15.9 Å². The van der Waals surface area contributed by atoms with Crippen LogP contribution in [0, 0.1) is 11.3 Å². The van der Waals surface area contributed by atoms with Crippen molar-refractivity contribution in [2.75, 3.05) is 24.6 Å². The van der Waals surface area contributed by atoms with Gasteiger partial charge in [-0.3, -0.25) is 0 Å². The molecule has 2 rings (SSSR count). The molecule has 102 valence electrons. The van der Waals surface area contributed by atoms with E-state index < -0.39 is 0 Å². The highest BCUT2D eigenvalue weighted by atomic mass is 79.9. The molecule has 1 aliphatic heterocycles. The Labute approximate surface area is 121 Å². The molecule has 5 heteroatoms. The summed E-state index contributed by atoms with van der Waals surface area (Å²) in [6, 6.07) is 7.88. The lowest BCUT2D eigenvalue weighted by molar-refractivity contribution is -0.101. The van der Waals surface area contributed by atoms with Crippen LogP contribution in [-0.4, -0.2) is 36.5 Å². The maximum Gasteiger partial charge on any atom is 0.101 e. The van der Waals surface area contributed by atoms with E-state index in [1.54, 1.807) is 0 Å². The number of aliphatic hydroxyl groups is 1. The number of rotatable bonds is 2. The van der Waals surface area contributed by atoms with E-state index in [2.05, 4.69) is 26.9 Å². The zero-order valence-electron chi connectivity index (χ0n) is 11.1. The van der Waals surface area contributed by atoms with Crippen molar-refractivity contribution < 1.29 is 9.84 Å². The third kappa shape index (κ3) is 3.27. The molecule has 0 amide bonds. The van der Waals surface area contributed by atoms with Gasteiger partial charge in [0.15, 0.2) is 0 Å². The van der Waals surface area contributed by atoms with Crippen molar-refractivity contribution in [3.8, 4) is 6.07 Å². The van der Waals surface area contributed by atoms with Crippen LogP contribution in [0.15, 0.2) is 22.7 Å². The van der Waals surface area contributed by atoms with Crippen LogP contribution in [0.5, 0.6) is 0 Å². The summed E-state index contributed by atoms with van der Waals surface area (Å²) in [5, 5.41) is 18.6. The highest BCUT2D eigenvalue weighted by Crippen LogP contribution is 2.29. The Hall–Kier alpha value is -1.09. The molecule has 1 N–H and O–H groups in total. The zero-order chi connectivity index (χ0) is 14.0. The van der Waals surface area contributed by atoms with E-state index >= 15 is 0 Å². The SMILES string of the molecule is CC1(C)CN(c2ccc(Br)cc2C#N)CC(CO)O1. The van der Waals surface area contributed by atoms with Crippen molar-refractivity contribution >= 4 is 21.6 Å². The largest absolute Gasteiger partial charge is 0.394 e. The van der Waals surface area contributed by atoms with E-state index in [0.29, 0.717) is 18.7 Å². The van der Waals surface area contributed by atoms with Gasteiger partial charge in [-0.05, 0) is 32.0 Å². The molecule has 1 unspecified atom stereocenters. The average Bonchev–Trinajstić information content (AvgIpc) is 2.36. The van der Waals surface area contributed by atoms with Crippen molar-refractivity contribution in [3.05, 3.63) is 28.2 Å². The van der Waals surface area contributed by atoms with Crippen LogP contribution in [0.3, 0.4) is 0 Å². The molecule has 1 saturated heterocycles. The van der Waals surface area contributed by atoms with Crippen molar-refractivity contribution in [1.29, 1.82) is 5.26 Å². The van der Waals surface area contributed by atoms with E-state index in [1.165, 1.54) is 0 Å². The lowest BCUT2D eigenvalue weighted by atomic mass is 10.0. The van der Waals surface area contributed by atoms with Gasteiger partial charge in [-0.2, -0.15) is 5.26 Å². The zero-order valence-corrected chi connectivity index (χ0v) is 12.6. The average molecular weight is 325 g/mol. The van der Waals surface area contributed by atoms with Crippen LogP contribution in [-0.2, 0) is 4.74 Å². The van der Waals surface area contributed by atoms with Gasteiger partial charge in [0.1, 0.15) is 6.07 Å². The molecular weight excluding hydrogens is 308 g/mol. The Bertz CT molecular complexity index is 511. The number of nitriles is 1. The lowest BCUT2D eigenvalue weighted by Gasteiger charge is -2.43. The van der Waals surface area contributed by atoms with Gasteiger partial charge in [-0.25, -0.2) is 0 Å². The van der Waals surface area contributed by atoms with Gasteiger partial charge in [0.2, 0.25) is 0 Å². The summed E-state index contributed by atoms with van der Waals surface area (Å²) in [6.07, 6.45) is -0.223. The first-order valence-corrected chi connectivity index (χ1v) is 6.98. The van der Waals surface area contributed by atoms with E-state index in [-0.39, 0.29) is 18.3 Å². The molecule has 1 aliphatic rings. The molecule has 0 radical (unpaired) electrons. The number of ether oxygens (including phenoxy) is 1. The fourth-order valence-electron chi connectivity index (χ4n) is 2.45. The maximum absolute atomic E-state index is 9.33. The van der Waals surface area contributed by atoms with Gasteiger partial charge in [-0.15, -0.1) is 0 Å². The summed E-state index contributed by atoms with van der Waals surface area (Å²) in [5.74, 6) is 0. The van der Waals surface area contributed by atoms with Gasteiger partial charge in [0, 0.05) is 17.6 Å². The molecule has 1 aromatic rings. The Morgan fingerprint density at radius 2 is 2.32 bits per heavy atom. The highest BCUT2D eigenvalue weighted by Gasteiger charge is 2.33. The molecular formula is C14H17BrN2O2. The third-order valence-electron chi connectivity index (χ3n) is 3.10. The lowest BCUT2D eigenvalue weighted by Crippen LogP contribution is -2.54. The van der Waals surface area contributed by atoms with Crippen LogP contribution >= 0.6 is 15.9 Å². The molecule has 1 heterocycles. The molecule has 0 aliphatic carbocycles. The Morgan fingerprint density at radius 1 is 1.58 bits per heavy atom. The summed E-state index contributed by atoms with van der Waals surface area (Å²) in [4.78, 5) is 2.11. The van der Waals surface area contributed by atoms with E-state index in [0.717, 1.165) is 10.2 Å². The fraction of sp³-hybridized carbons (Fsp3) is 0.500. The highest BCUT2D eigenvalue weighted by molar-refractivity contribution is 9.10. The van der Waals surface area contributed by atoms with Crippen LogP contribution in [0.2, 0.25) is 0 Å². The smallest absolute Gasteiger partial charge is 0.101 e. The van der Waals surface area contributed by atoms with Gasteiger partial charge in [0.05, 0.1) is 29.6 Å². The fourth-order valence-corrected chi connectivity index (χ4v) is 2.81. The number of benzene rings is 1. The predicted octanol–water partition coefficient (Wildman–Crippen LogP) is 2.30. The summed E-state index contributed by atoms with van der Waals surface area (Å²) in [6.45, 7) is 5.26. The van der Waals surface area contributed by atoms with Crippen molar-refractivity contribution in [2.24, 2.45) is 0 Å². The molecule has 19 heavy (non-hydrogen) atoms. The molecule has 0 aromatic heterocycles. The van der Waals surface area contributed by atoms with Crippen LogP contribution in [0.1, 0.15) is 19.4 Å².